The van der Waals surface area contributed by atoms with Gasteiger partial charge in [-0.1, -0.05) is 0 Å². The summed E-state index contributed by atoms with van der Waals surface area (Å²) in [6.45, 7) is 2.60. The molecule has 2 atom stereocenters. The number of hydrogen-bond donors (Lipinski definition) is 2. The molecule has 6 heteroatoms. The van der Waals surface area contributed by atoms with E-state index in [4.69, 9.17) is 9.84 Å². The molecule has 1 saturated heterocycles. The van der Waals surface area contributed by atoms with Gasteiger partial charge in [0, 0.05) is 25.7 Å². The number of amides is 2. The highest BCUT2D eigenvalue weighted by Crippen LogP contribution is 2.25. The van der Waals surface area contributed by atoms with Crippen molar-refractivity contribution in [3.63, 3.8) is 0 Å². The number of carboxylic acids is 1. The predicted octanol–water partition coefficient (Wildman–Crippen LogP) is 0.672. The minimum atomic E-state index is -0.755. The van der Waals surface area contributed by atoms with Crippen LogP contribution in [0.3, 0.4) is 0 Å². The van der Waals surface area contributed by atoms with Crippen molar-refractivity contribution in [2.24, 2.45) is 5.92 Å². The monoisotopic (exact) mass is 256 g/mol. The molecule has 0 bridgehead atoms. The molecule has 1 heterocycles. The van der Waals surface area contributed by atoms with Crippen LogP contribution in [0.4, 0.5) is 4.79 Å². The van der Waals surface area contributed by atoms with Crippen molar-refractivity contribution < 1.29 is 19.4 Å². The first-order valence-electron chi connectivity index (χ1n) is 6.53. The molecular weight excluding hydrogens is 236 g/mol. The maximum atomic E-state index is 12.0. The number of carboxylic acid groups (broad SMARTS) is 1. The van der Waals surface area contributed by atoms with Crippen molar-refractivity contribution in [3.8, 4) is 0 Å². The average molecular weight is 256 g/mol. The molecule has 1 aliphatic heterocycles. The first-order valence-corrected chi connectivity index (χ1v) is 6.53. The Morgan fingerprint density at radius 3 is 2.78 bits per heavy atom. The van der Waals surface area contributed by atoms with E-state index in [9.17, 15) is 9.59 Å². The summed E-state index contributed by atoms with van der Waals surface area (Å²) in [5, 5.41) is 11.8. The van der Waals surface area contributed by atoms with Gasteiger partial charge in [0.25, 0.3) is 0 Å². The Hall–Kier alpha value is -1.30. The molecule has 0 unspecified atom stereocenters. The molecule has 1 aliphatic carbocycles. The normalized spacial score (nSPS) is 28.8. The summed E-state index contributed by atoms with van der Waals surface area (Å²) < 4.78 is 5.29. The number of nitrogens with one attached hydrogen (secondary N) is 1. The summed E-state index contributed by atoms with van der Waals surface area (Å²) in [4.78, 5) is 24.6. The zero-order valence-electron chi connectivity index (χ0n) is 10.4. The van der Waals surface area contributed by atoms with Crippen molar-refractivity contribution in [1.82, 2.24) is 10.2 Å². The number of carbonyl (C=O) groups is 2. The van der Waals surface area contributed by atoms with E-state index >= 15 is 0 Å². The maximum Gasteiger partial charge on any atom is 0.317 e. The standard InChI is InChI=1S/C12H20N2O4/c15-11(16)9-2-3-10(8-9)13-12(17)14-4-1-6-18-7-5-14/h9-10H,1-8H2,(H,13,17)(H,15,16)/t9-,10+/m1/s1. The molecule has 0 spiro atoms. The summed E-state index contributed by atoms with van der Waals surface area (Å²) in [6.07, 6.45) is 2.82. The van der Waals surface area contributed by atoms with Crippen molar-refractivity contribution in [2.45, 2.75) is 31.7 Å². The number of rotatable bonds is 2. The smallest absolute Gasteiger partial charge is 0.317 e. The largest absolute Gasteiger partial charge is 0.481 e. The number of carbonyl (C=O) groups excluding carboxylic acids is 1. The number of hydrogen-bond acceptors (Lipinski definition) is 3. The minimum Gasteiger partial charge on any atom is -0.481 e. The maximum absolute atomic E-state index is 12.0. The Morgan fingerprint density at radius 2 is 2.06 bits per heavy atom. The Bertz CT molecular complexity index is 313. The van der Waals surface area contributed by atoms with Gasteiger partial charge >= 0.3 is 12.0 Å². The van der Waals surface area contributed by atoms with Crippen LogP contribution in [-0.4, -0.2) is 54.4 Å². The molecule has 0 aromatic heterocycles. The van der Waals surface area contributed by atoms with Crippen LogP contribution in [0, 0.1) is 5.92 Å². The van der Waals surface area contributed by atoms with E-state index in [0.717, 1.165) is 12.8 Å². The molecule has 6 nitrogen and oxygen atoms in total. The molecule has 2 rings (SSSR count). The van der Waals surface area contributed by atoms with Gasteiger partial charge in [0.05, 0.1) is 12.5 Å². The molecule has 2 fully saturated rings. The number of aliphatic carboxylic acids is 1. The topological polar surface area (TPSA) is 78.9 Å². The van der Waals surface area contributed by atoms with Gasteiger partial charge in [-0.25, -0.2) is 4.79 Å². The van der Waals surface area contributed by atoms with E-state index < -0.39 is 5.97 Å². The fourth-order valence-corrected chi connectivity index (χ4v) is 2.55. The third-order valence-corrected chi connectivity index (χ3v) is 3.62. The third-order valence-electron chi connectivity index (χ3n) is 3.62. The molecule has 0 aromatic rings. The van der Waals surface area contributed by atoms with E-state index in [1.165, 1.54) is 0 Å². The van der Waals surface area contributed by atoms with Crippen LogP contribution in [0.2, 0.25) is 0 Å². The third kappa shape index (κ3) is 3.35. The highest BCUT2D eigenvalue weighted by atomic mass is 16.5. The first kappa shape index (κ1) is 13.1. The molecule has 2 N–H and O–H groups in total. The van der Waals surface area contributed by atoms with Crippen molar-refractivity contribution in [1.29, 1.82) is 0 Å². The Balaban J connectivity index is 1.78. The summed E-state index contributed by atoms with van der Waals surface area (Å²) in [5.41, 5.74) is 0. The highest BCUT2D eigenvalue weighted by molar-refractivity contribution is 5.75. The van der Waals surface area contributed by atoms with Gasteiger partial charge in [0.15, 0.2) is 0 Å². The zero-order chi connectivity index (χ0) is 13.0. The van der Waals surface area contributed by atoms with Crippen LogP contribution in [0.25, 0.3) is 0 Å². The lowest BCUT2D eigenvalue weighted by atomic mass is 10.1. The second kappa shape index (κ2) is 6.04. The summed E-state index contributed by atoms with van der Waals surface area (Å²) in [7, 11) is 0. The van der Waals surface area contributed by atoms with Crippen LogP contribution in [0.15, 0.2) is 0 Å². The van der Waals surface area contributed by atoms with Crippen molar-refractivity contribution in [2.75, 3.05) is 26.3 Å². The molecular formula is C12H20N2O4. The van der Waals surface area contributed by atoms with Gasteiger partial charge in [-0.05, 0) is 25.7 Å². The Kier molecular flexibility index (Phi) is 4.41. The lowest BCUT2D eigenvalue weighted by molar-refractivity contribution is -0.141. The molecule has 18 heavy (non-hydrogen) atoms. The van der Waals surface area contributed by atoms with Crippen LogP contribution in [-0.2, 0) is 9.53 Å². The highest BCUT2D eigenvalue weighted by Gasteiger charge is 2.31. The fourth-order valence-electron chi connectivity index (χ4n) is 2.55. The molecule has 1 saturated carbocycles. The van der Waals surface area contributed by atoms with E-state index in [0.29, 0.717) is 39.1 Å². The zero-order valence-corrected chi connectivity index (χ0v) is 10.4. The van der Waals surface area contributed by atoms with E-state index in [1.807, 2.05) is 0 Å². The fraction of sp³-hybridized carbons (Fsp3) is 0.833. The first-order chi connectivity index (χ1) is 8.66. The molecule has 102 valence electrons. The number of nitrogens with zero attached hydrogens (tertiary/aromatic N) is 1. The Morgan fingerprint density at radius 1 is 1.22 bits per heavy atom. The van der Waals surface area contributed by atoms with Crippen LogP contribution >= 0.6 is 0 Å². The van der Waals surface area contributed by atoms with Gasteiger partial charge in [0.1, 0.15) is 0 Å². The number of ether oxygens (including phenoxy) is 1. The quantitative estimate of drug-likeness (QED) is 0.761. The molecule has 2 amide bonds. The van der Waals surface area contributed by atoms with Crippen molar-refractivity contribution in [3.05, 3.63) is 0 Å². The van der Waals surface area contributed by atoms with Crippen LogP contribution < -0.4 is 5.32 Å². The van der Waals surface area contributed by atoms with Gasteiger partial charge in [0.2, 0.25) is 0 Å². The summed E-state index contributed by atoms with van der Waals surface area (Å²) in [6, 6.07) is -0.0840. The lowest BCUT2D eigenvalue weighted by Crippen LogP contribution is -2.45. The predicted molar refractivity (Wildman–Crippen MR) is 64.3 cm³/mol. The summed E-state index contributed by atoms with van der Waals surface area (Å²) >= 11 is 0. The van der Waals surface area contributed by atoms with Crippen molar-refractivity contribution >= 4 is 12.0 Å². The van der Waals surface area contributed by atoms with Crippen LogP contribution in [0.5, 0.6) is 0 Å². The van der Waals surface area contributed by atoms with Gasteiger partial charge in [-0.2, -0.15) is 0 Å². The summed E-state index contributed by atoms with van der Waals surface area (Å²) in [5.74, 6) is -1.06. The average Bonchev–Trinajstić information content (AvgIpc) is 2.64. The molecule has 2 aliphatic rings. The second-order valence-electron chi connectivity index (χ2n) is 4.95. The number of urea groups is 1. The Labute approximate surface area is 106 Å². The van der Waals surface area contributed by atoms with Gasteiger partial charge in [-0.3, -0.25) is 4.79 Å². The lowest BCUT2D eigenvalue weighted by Gasteiger charge is -2.22. The van der Waals surface area contributed by atoms with Gasteiger partial charge in [-0.15, -0.1) is 0 Å². The minimum absolute atomic E-state index is 0.00257. The SMILES string of the molecule is O=C(O)[C@@H]1CC[C@H](NC(=O)N2CCCOCC2)C1. The van der Waals surface area contributed by atoms with Gasteiger partial charge < -0.3 is 20.1 Å². The van der Waals surface area contributed by atoms with E-state index in [2.05, 4.69) is 5.32 Å². The van der Waals surface area contributed by atoms with Crippen LogP contribution in [0.1, 0.15) is 25.7 Å². The molecule has 0 radical (unpaired) electrons. The second-order valence-corrected chi connectivity index (χ2v) is 4.95. The van der Waals surface area contributed by atoms with E-state index in [-0.39, 0.29) is 18.0 Å². The molecule has 0 aromatic carbocycles. The van der Waals surface area contributed by atoms with E-state index in [1.54, 1.807) is 4.90 Å².